The first kappa shape index (κ1) is 24.5. The Morgan fingerprint density at radius 3 is 2.18 bits per heavy atom. The van der Waals surface area contributed by atoms with E-state index < -0.39 is 17.7 Å². The Bertz CT molecular complexity index is 658. The maximum Gasteiger partial charge on any atom is 0.219 e. The summed E-state index contributed by atoms with van der Waals surface area (Å²) in [4.78, 5) is 21.8. The second-order valence-corrected chi connectivity index (χ2v) is 6.80. The maximum absolute atomic E-state index is 14.2. The van der Waals surface area contributed by atoms with Gasteiger partial charge in [0.2, 0.25) is 5.91 Å². The third-order valence-corrected chi connectivity index (χ3v) is 4.73. The lowest BCUT2D eigenvalue weighted by Gasteiger charge is -2.36. The van der Waals surface area contributed by atoms with Gasteiger partial charge in [0.25, 0.3) is 0 Å². The zero-order valence-corrected chi connectivity index (χ0v) is 19.2. The molecule has 1 aliphatic heterocycles. The van der Waals surface area contributed by atoms with Crippen molar-refractivity contribution in [2.75, 3.05) is 53.4 Å². The van der Waals surface area contributed by atoms with E-state index >= 15 is 0 Å². The van der Waals surface area contributed by atoms with Gasteiger partial charge in [0.05, 0.1) is 12.6 Å². The number of amides is 1. The SMILES string of the molecule is CCNC(=NCC(c1c(F)cccc1F)N(C)C)N1CCN(C(C)=O)CC1.I. The minimum atomic E-state index is -0.566. The standard InChI is InChI=1S/C19H29F2N5O.HI/c1-5-22-19(26-11-9-25(10-12-26)14(2)27)23-13-17(24(3)4)18-15(20)7-6-8-16(18)21;/h6-8,17H,5,9-13H2,1-4H3,(H,22,23);1H. The second-order valence-electron chi connectivity index (χ2n) is 6.80. The van der Waals surface area contributed by atoms with E-state index in [1.165, 1.54) is 18.2 Å². The van der Waals surface area contributed by atoms with Crippen LogP contribution in [0.2, 0.25) is 0 Å². The fraction of sp³-hybridized carbons (Fsp3) is 0.579. The summed E-state index contributed by atoms with van der Waals surface area (Å²) in [6.07, 6.45) is 0. The summed E-state index contributed by atoms with van der Waals surface area (Å²) in [6, 6.07) is 3.39. The molecular formula is C19H30F2IN5O. The topological polar surface area (TPSA) is 51.2 Å². The molecule has 1 amide bonds. The Labute approximate surface area is 183 Å². The van der Waals surface area contributed by atoms with Gasteiger partial charge in [-0.15, -0.1) is 24.0 Å². The fourth-order valence-electron chi connectivity index (χ4n) is 3.17. The van der Waals surface area contributed by atoms with E-state index in [1.807, 2.05) is 6.92 Å². The average molecular weight is 509 g/mol. The fourth-order valence-corrected chi connectivity index (χ4v) is 3.17. The van der Waals surface area contributed by atoms with Gasteiger partial charge >= 0.3 is 0 Å². The lowest BCUT2D eigenvalue weighted by atomic mass is 10.0. The first-order valence-corrected chi connectivity index (χ1v) is 9.24. The minimum Gasteiger partial charge on any atom is -0.357 e. The second kappa shape index (κ2) is 11.5. The number of aliphatic imine (C=N–C) groups is 1. The molecule has 0 spiro atoms. The quantitative estimate of drug-likeness (QED) is 0.376. The number of hydrogen-bond acceptors (Lipinski definition) is 3. The molecule has 9 heteroatoms. The minimum absolute atomic E-state index is 0. The van der Waals surface area contributed by atoms with Crippen LogP contribution in [0.4, 0.5) is 8.78 Å². The van der Waals surface area contributed by atoms with Crippen LogP contribution in [0.25, 0.3) is 0 Å². The summed E-state index contributed by atoms with van der Waals surface area (Å²) >= 11 is 0. The first-order chi connectivity index (χ1) is 12.8. The Kier molecular flexibility index (Phi) is 10.1. The highest BCUT2D eigenvalue weighted by atomic mass is 127. The molecule has 0 aliphatic carbocycles. The number of nitrogens with one attached hydrogen (secondary N) is 1. The summed E-state index contributed by atoms with van der Waals surface area (Å²) in [5.41, 5.74) is 0.0310. The molecule has 1 N–H and O–H groups in total. The highest BCUT2D eigenvalue weighted by Crippen LogP contribution is 2.25. The molecule has 1 aliphatic rings. The largest absolute Gasteiger partial charge is 0.357 e. The van der Waals surface area contributed by atoms with Crippen LogP contribution < -0.4 is 5.32 Å². The molecule has 1 unspecified atom stereocenters. The molecule has 28 heavy (non-hydrogen) atoms. The number of halogens is 3. The zero-order valence-electron chi connectivity index (χ0n) is 16.9. The molecule has 158 valence electrons. The molecule has 0 bridgehead atoms. The van der Waals surface area contributed by atoms with Gasteiger partial charge < -0.3 is 20.0 Å². The number of rotatable bonds is 5. The zero-order chi connectivity index (χ0) is 20.0. The third kappa shape index (κ3) is 6.26. The van der Waals surface area contributed by atoms with Crippen molar-refractivity contribution in [1.82, 2.24) is 20.0 Å². The molecule has 1 heterocycles. The molecule has 1 fully saturated rings. The Morgan fingerprint density at radius 1 is 1.18 bits per heavy atom. The molecule has 1 aromatic carbocycles. The van der Waals surface area contributed by atoms with E-state index in [9.17, 15) is 13.6 Å². The summed E-state index contributed by atoms with van der Waals surface area (Å²) in [7, 11) is 3.56. The number of piperazine rings is 1. The van der Waals surface area contributed by atoms with Gasteiger partial charge in [-0.05, 0) is 33.2 Å². The maximum atomic E-state index is 14.2. The Balaban J connectivity index is 0.00000392. The number of hydrogen-bond donors (Lipinski definition) is 1. The number of guanidine groups is 1. The van der Waals surface area contributed by atoms with Gasteiger partial charge in [0.1, 0.15) is 11.6 Å². The monoisotopic (exact) mass is 509 g/mol. The first-order valence-electron chi connectivity index (χ1n) is 9.24. The lowest BCUT2D eigenvalue weighted by molar-refractivity contribution is -0.130. The van der Waals surface area contributed by atoms with E-state index in [2.05, 4.69) is 15.2 Å². The molecule has 1 atom stereocenters. The van der Waals surface area contributed by atoms with Gasteiger partial charge in [-0.2, -0.15) is 0 Å². The predicted molar refractivity (Wildman–Crippen MR) is 118 cm³/mol. The normalized spacial score (nSPS) is 16.0. The van der Waals surface area contributed by atoms with Crippen LogP contribution in [-0.2, 0) is 4.79 Å². The van der Waals surface area contributed by atoms with Crippen LogP contribution in [-0.4, -0.2) is 79.9 Å². The van der Waals surface area contributed by atoms with Crippen LogP contribution in [0.1, 0.15) is 25.5 Å². The third-order valence-electron chi connectivity index (χ3n) is 4.73. The molecule has 1 saturated heterocycles. The Hall–Kier alpha value is -1.49. The highest BCUT2D eigenvalue weighted by molar-refractivity contribution is 14.0. The van der Waals surface area contributed by atoms with Crippen molar-refractivity contribution in [1.29, 1.82) is 0 Å². The van der Waals surface area contributed by atoms with Crippen molar-refractivity contribution in [3.05, 3.63) is 35.4 Å². The summed E-state index contributed by atoms with van der Waals surface area (Å²) in [5.74, 6) is -0.364. The number of carbonyl (C=O) groups is 1. The van der Waals surface area contributed by atoms with Crippen molar-refractivity contribution >= 4 is 35.8 Å². The molecular weight excluding hydrogens is 479 g/mol. The van der Waals surface area contributed by atoms with Gasteiger partial charge in [0.15, 0.2) is 5.96 Å². The van der Waals surface area contributed by atoms with Gasteiger partial charge in [-0.25, -0.2) is 8.78 Å². The molecule has 2 rings (SSSR count). The van der Waals surface area contributed by atoms with Crippen LogP contribution in [0.15, 0.2) is 23.2 Å². The van der Waals surface area contributed by atoms with Crippen LogP contribution >= 0.6 is 24.0 Å². The predicted octanol–water partition coefficient (Wildman–Crippen LogP) is 2.32. The molecule has 6 nitrogen and oxygen atoms in total. The summed E-state index contributed by atoms with van der Waals surface area (Å²) in [6.45, 7) is 7.07. The van der Waals surface area contributed by atoms with Gasteiger partial charge in [0, 0.05) is 45.2 Å². The van der Waals surface area contributed by atoms with Crippen molar-refractivity contribution in [3.63, 3.8) is 0 Å². The van der Waals surface area contributed by atoms with Crippen molar-refractivity contribution in [2.45, 2.75) is 19.9 Å². The molecule has 0 saturated carbocycles. The van der Waals surface area contributed by atoms with Gasteiger partial charge in [-0.3, -0.25) is 9.79 Å². The number of nitrogens with zero attached hydrogens (tertiary/aromatic N) is 4. The van der Waals surface area contributed by atoms with E-state index in [0.29, 0.717) is 38.7 Å². The van der Waals surface area contributed by atoms with Crippen molar-refractivity contribution < 1.29 is 13.6 Å². The molecule has 1 aromatic rings. The number of benzene rings is 1. The molecule has 0 aromatic heterocycles. The Morgan fingerprint density at radius 2 is 1.71 bits per heavy atom. The van der Waals surface area contributed by atoms with Crippen molar-refractivity contribution in [3.8, 4) is 0 Å². The number of likely N-dealkylation sites (N-methyl/N-ethyl adjacent to an activating group) is 1. The smallest absolute Gasteiger partial charge is 0.219 e. The number of carbonyl (C=O) groups excluding carboxylic acids is 1. The van der Waals surface area contributed by atoms with Gasteiger partial charge in [-0.1, -0.05) is 6.07 Å². The van der Waals surface area contributed by atoms with E-state index in [1.54, 1.807) is 30.8 Å². The van der Waals surface area contributed by atoms with E-state index in [0.717, 1.165) is 0 Å². The molecule has 0 radical (unpaired) electrons. The van der Waals surface area contributed by atoms with Crippen molar-refractivity contribution in [2.24, 2.45) is 4.99 Å². The van der Waals surface area contributed by atoms with Crippen LogP contribution in [0.3, 0.4) is 0 Å². The summed E-state index contributed by atoms with van der Waals surface area (Å²) < 4.78 is 28.5. The van der Waals surface area contributed by atoms with E-state index in [4.69, 9.17) is 0 Å². The summed E-state index contributed by atoms with van der Waals surface area (Å²) in [5, 5.41) is 3.24. The van der Waals surface area contributed by atoms with Crippen LogP contribution in [0.5, 0.6) is 0 Å². The average Bonchev–Trinajstić information content (AvgIpc) is 2.62. The van der Waals surface area contributed by atoms with Crippen LogP contribution in [0, 0.1) is 11.6 Å². The van der Waals surface area contributed by atoms with E-state index in [-0.39, 0.29) is 42.0 Å². The highest BCUT2D eigenvalue weighted by Gasteiger charge is 2.24. The lowest BCUT2D eigenvalue weighted by Crippen LogP contribution is -2.53.